The average Bonchev–Trinajstić information content (AvgIpc) is 3.07. The van der Waals surface area contributed by atoms with E-state index in [4.69, 9.17) is 5.11 Å². The number of aliphatic hydroxyl groups is 5. The Hall–Kier alpha value is -2.62. The van der Waals surface area contributed by atoms with E-state index in [0.717, 1.165) is 18.5 Å². The first kappa shape index (κ1) is 35.9. The Morgan fingerprint density at radius 2 is 1.66 bits per heavy atom. The minimum absolute atomic E-state index is 0.117. The largest absolute Gasteiger partial charge is 0.394 e. The van der Waals surface area contributed by atoms with Crippen LogP contribution in [0.2, 0.25) is 0 Å². The summed E-state index contributed by atoms with van der Waals surface area (Å²) in [6.07, 6.45) is -4.06. The zero-order valence-electron chi connectivity index (χ0n) is 25.8. The van der Waals surface area contributed by atoms with Crippen molar-refractivity contribution in [1.29, 1.82) is 0 Å². The molecule has 0 spiro atoms. The fourth-order valence-corrected chi connectivity index (χ4v) is 7.81. The molecule has 7 N–H and O–H groups in total. The second-order valence-electron chi connectivity index (χ2n) is 11.8. The fourth-order valence-electron chi connectivity index (χ4n) is 5.73. The van der Waals surface area contributed by atoms with E-state index in [1.165, 1.54) is 11.1 Å². The van der Waals surface area contributed by atoms with Gasteiger partial charge in [0.15, 0.2) is 15.9 Å². The fraction of sp³-hybridized carbons (Fsp3) is 0.581. The molecule has 3 rings (SSSR count). The van der Waals surface area contributed by atoms with Gasteiger partial charge in [-0.05, 0) is 54.3 Å². The smallest absolute Gasteiger partial charge is 0.256 e. The van der Waals surface area contributed by atoms with Crippen molar-refractivity contribution in [3.8, 4) is 0 Å². The topological polar surface area (TPSA) is 191 Å². The number of unbranched alkanes of at least 4 members (excludes halogenated alkanes) is 2. The average molecular weight is 638 g/mol. The van der Waals surface area contributed by atoms with Crippen LogP contribution >= 0.6 is 0 Å². The predicted octanol–water partition coefficient (Wildman–Crippen LogP) is 1.81. The third-order valence-corrected chi connectivity index (χ3v) is 10.3. The Labute approximate surface area is 259 Å². The summed E-state index contributed by atoms with van der Waals surface area (Å²) < 4.78 is 28.0. The quantitative estimate of drug-likeness (QED) is 0.160. The molecule has 12 nitrogen and oxygen atoms in total. The van der Waals surface area contributed by atoms with E-state index in [0.29, 0.717) is 36.8 Å². The van der Waals surface area contributed by atoms with Crippen molar-refractivity contribution < 1.29 is 44.0 Å². The number of rotatable bonds is 14. The molecule has 0 aliphatic carbocycles. The third-order valence-electron chi connectivity index (χ3n) is 8.31. The summed E-state index contributed by atoms with van der Waals surface area (Å²) in [5.41, 5.74) is 0.679. The van der Waals surface area contributed by atoms with Gasteiger partial charge in [-0.2, -0.15) is 5.06 Å². The summed E-state index contributed by atoms with van der Waals surface area (Å²) >= 11 is 0. The molecule has 0 fully saturated rings. The molecule has 1 aliphatic rings. The van der Waals surface area contributed by atoms with E-state index < -0.39 is 58.3 Å². The molecule has 1 unspecified atom stereocenters. The molecule has 1 heterocycles. The molecule has 0 saturated heterocycles. The van der Waals surface area contributed by atoms with Gasteiger partial charge in [-0.15, -0.1) is 0 Å². The van der Waals surface area contributed by atoms with E-state index in [-0.39, 0.29) is 16.3 Å². The van der Waals surface area contributed by atoms with E-state index in [1.807, 2.05) is 32.8 Å². The lowest BCUT2D eigenvalue weighted by Crippen LogP contribution is -2.52. The summed E-state index contributed by atoms with van der Waals surface area (Å²) in [5.74, 6) is -1.34. The Morgan fingerprint density at radius 1 is 1.02 bits per heavy atom. The highest BCUT2D eigenvalue weighted by Gasteiger charge is 2.48. The van der Waals surface area contributed by atoms with E-state index in [9.17, 15) is 38.8 Å². The number of sulfone groups is 1. The van der Waals surface area contributed by atoms with Crippen LogP contribution in [0.3, 0.4) is 0 Å². The minimum atomic E-state index is -3.84. The lowest BCUT2D eigenvalue weighted by atomic mass is 9.85. The van der Waals surface area contributed by atoms with Crippen LogP contribution in [0.4, 0.5) is 11.4 Å². The number of fused-ring (bicyclic) bond motifs is 1. The molecule has 2 aromatic rings. The number of carbonyl (C=O) groups is 1. The number of hydrogen-bond donors (Lipinski definition) is 7. The molecular weight excluding hydrogens is 590 g/mol. The van der Waals surface area contributed by atoms with Crippen molar-refractivity contribution in [3.63, 3.8) is 0 Å². The van der Waals surface area contributed by atoms with Crippen molar-refractivity contribution in [1.82, 2.24) is 5.06 Å². The van der Waals surface area contributed by atoms with Gasteiger partial charge in [-0.1, -0.05) is 51.7 Å². The Balaban J connectivity index is 2.14. The van der Waals surface area contributed by atoms with E-state index in [1.54, 1.807) is 36.4 Å². The highest BCUT2D eigenvalue weighted by Crippen LogP contribution is 2.46. The summed E-state index contributed by atoms with van der Waals surface area (Å²) in [4.78, 5) is 14.8. The number of aliphatic hydroxyl groups excluding tert-OH is 5. The van der Waals surface area contributed by atoms with E-state index >= 15 is 0 Å². The van der Waals surface area contributed by atoms with Crippen molar-refractivity contribution in [2.75, 3.05) is 36.7 Å². The molecule has 1 aliphatic heterocycles. The molecule has 0 saturated carbocycles. The lowest BCUT2D eigenvalue weighted by Gasteiger charge is -2.42. The van der Waals surface area contributed by atoms with Crippen LogP contribution in [-0.2, 0) is 14.6 Å². The van der Waals surface area contributed by atoms with Gasteiger partial charge in [-0.3, -0.25) is 4.79 Å². The Kier molecular flexibility index (Phi) is 12.3. The third kappa shape index (κ3) is 7.77. The molecule has 44 heavy (non-hydrogen) atoms. The highest BCUT2D eigenvalue weighted by molar-refractivity contribution is 7.91. The molecular formula is C31H47N3O9S. The van der Waals surface area contributed by atoms with Crippen molar-refractivity contribution in [2.24, 2.45) is 0 Å². The summed E-state index contributed by atoms with van der Waals surface area (Å²) in [6, 6.07) is 10.5. The molecule has 246 valence electrons. The number of hydroxylamine groups is 2. The van der Waals surface area contributed by atoms with Gasteiger partial charge in [0.1, 0.15) is 18.3 Å². The standard InChI is InChI=1S/C31H47N3O9S/c1-5-7-14-31(15-8-6-2)19-44(42,43)25-13-12-22(33(3)4)17-23(25)26(34(31)41)20-10-9-11-21(16-20)32-30(40)29(39)28(38)27(37)24(36)18-35/h9-13,16-17,24,26-29,35-39,41H,5-8,14-15,18-19H2,1-4H3,(H,32,40)/t24-,26?,27-,28+,29-/m1/s1. The second kappa shape index (κ2) is 15.1. The van der Waals surface area contributed by atoms with Crippen molar-refractivity contribution in [2.45, 2.75) is 93.3 Å². The lowest BCUT2D eigenvalue weighted by molar-refractivity contribution is -0.194. The van der Waals surface area contributed by atoms with Gasteiger partial charge < -0.3 is 41.0 Å². The summed E-state index contributed by atoms with van der Waals surface area (Å²) in [6.45, 7) is 3.13. The SMILES string of the molecule is CCCCC1(CCCC)CS(=O)(=O)c2ccc(N(C)C)cc2C(c2cccc(NC(=O)[C@H](O)[C@@H](O)[C@H](O)[C@H](O)CO)c2)N1O. The normalized spacial score (nSPS) is 20.5. The number of carbonyl (C=O) groups excluding carboxylic acids is 1. The van der Waals surface area contributed by atoms with Crippen LogP contribution in [0.25, 0.3) is 0 Å². The Morgan fingerprint density at radius 3 is 2.23 bits per heavy atom. The van der Waals surface area contributed by atoms with Gasteiger partial charge in [0.25, 0.3) is 5.91 Å². The molecule has 0 bridgehead atoms. The van der Waals surface area contributed by atoms with E-state index in [2.05, 4.69) is 5.32 Å². The van der Waals surface area contributed by atoms with Gasteiger partial charge in [0.05, 0.1) is 28.8 Å². The first-order valence-electron chi connectivity index (χ1n) is 15.0. The number of anilines is 2. The monoisotopic (exact) mass is 637 g/mol. The minimum Gasteiger partial charge on any atom is -0.394 e. The van der Waals surface area contributed by atoms with Crippen LogP contribution in [0.1, 0.15) is 69.5 Å². The first-order chi connectivity index (χ1) is 20.7. The van der Waals surface area contributed by atoms with Crippen LogP contribution in [0.5, 0.6) is 0 Å². The molecule has 2 aromatic carbocycles. The summed E-state index contributed by atoms with van der Waals surface area (Å²) in [5, 5.41) is 64.8. The van der Waals surface area contributed by atoms with Crippen LogP contribution < -0.4 is 10.2 Å². The molecule has 13 heteroatoms. The van der Waals surface area contributed by atoms with Crippen LogP contribution in [-0.4, -0.2) is 107 Å². The highest BCUT2D eigenvalue weighted by atomic mass is 32.2. The molecule has 1 amide bonds. The van der Waals surface area contributed by atoms with Crippen LogP contribution in [0.15, 0.2) is 47.4 Å². The zero-order chi connectivity index (χ0) is 32.8. The molecule has 5 atom stereocenters. The maximum absolute atomic E-state index is 14.0. The summed E-state index contributed by atoms with van der Waals surface area (Å²) in [7, 11) is -0.181. The predicted molar refractivity (Wildman–Crippen MR) is 166 cm³/mol. The molecule has 0 aromatic heterocycles. The first-order valence-corrected chi connectivity index (χ1v) is 16.6. The maximum Gasteiger partial charge on any atom is 0.256 e. The van der Waals surface area contributed by atoms with Gasteiger partial charge in [0.2, 0.25) is 0 Å². The van der Waals surface area contributed by atoms with Crippen molar-refractivity contribution >= 4 is 27.1 Å². The number of amides is 1. The maximum atomic E-state index is 14.0. The zero-order valence-corrected chi connectivity index (χ0v) is 26.6. The number of nitrogens with zero attached hydrogens (tertiary/aromatic N) is 2. The van der Waals surface area contributed by atoms with Gasteiger partial charge in [0, 0.05) is 25.5 Å². The second-order valence-corrected chi connectivity index (χ2v) is 13.8. The molecule has 0 radical (unpaired) electrons. The number of benzene rings is 2. The number of nitrogens with one attached hydrogen (secondary N) is 1. The van der Waals surface area contributed by atoms with Gasteiger partial charge >= 0.3 is 0 Å². The Bertz CT molecular complexity index is 1360. The van der Waals surface area contributed by atoms with Crippen molar-refractivity contribution in [3.05, 3.63) is 53.6 Å². The van der Waals surface area contributed by atoms with Gasteiger partial charge in [-0.25, -0.2) is 8.42 Å². The van der Waals surface area contributed by atoms with Crippen LogP contribution in [0, 0.1) is 0 Å². The number of hydrogen-bond acceptors (Lipinski definition) is 11.